The first-order chi connectivity index (χ1) is 21.0. The summed E-state index contributed by atoms with van der Waals surface area (Å²) in [5.74, 6) is -3.12. The Hall–Kier alpha value is -2.16. The normalized spacial score (nSPS) is 13.2. The van der Waals surface area contributed by atoms with Crippen LogP contribution in [0.15, 0.2) is 0 Å². The highest BCUT2D eigenvalue weighted by molar-refractivity contribution is 6.64. The SMILES string of the molecule is CCC(COCC(CC)(COC(=O)CCC(=O)Cl)C(O)C(=O)CCC(=O)Cl)(COC(=O)CCC(=O)Cl)COC(=O)CCC(=O)Cl. The molecule has 1 N–H and O–H groups in total. The maximum atomic E-state index is 12.8. The Morgan fingerprint density at radius 3 is 1.27 bits per heavy atom. The molecule has 0 fully saturated rings. The number of ketones is 1. The second kappa shape index (κ2) is 22.4. The van der Waals surface area contributed by atoms with Gasteiger partial charge in [-0.1, -0.05) is 13.8 Å². The van der Waals surface area contributed by atoms with Crippen LogP contribution >= 0.6 is 46.4 Å². The molecule has 13 nitrogen and oxygen atoms in total. The van der Waals surface area contributed by atoms with Gasteiger partial charge in [0.1, 0.15) is 25.9 Å². The summed E-state index contributed by atoms with van der Waals surface area (Å²) in [6.07, 6.45) is -4.11. The van der Waals surface area contributed by atoms with Gasteiger partial charge in [0.2, 0.25) is 21.0 Å². The highest BCUT2D eigenvalue weighted by atomic mass is 35.5. The summed E-state index contributed by atoms with van der Waals surface area (Å²) in [5.41, 5.74) is -2.72. The van der Waals surface area contributed by atoms with E-state index in [1.165, 1.54) is 0 Å². The van der Waals surface area contributed by atoms with Gasteiger partial charge in [-0.3, -0.25) is 38.4 Å². The largest absolute Gasteiger partial charge is 0.465 e. The van der Waals surface area contributed by atoms with E-state index in [0.29, 0.717) is 0 Å². The lowest BCUT2D eigenvalue weighted by molar-refractivity contribution is -0.167. The van der Waals surface area contributed by atoms with Gasteiger partial charge in [-0.15, -0.1) is 0 Å². The van der Waals surface area contributed by atoms with E-state index in [1.54, 1.807) is 13.8 Å². The van der Waals surface area contributed by atoms with Gasteiger partial charge in [-0.2, -0.15) is 0 Å². The number of Topliss-reactive ketones (excluding diaryl/α,β-unsaturated/α-hetero) is 1. The van der Waals surface area contributed by atoms with E-state index < -0.39 is 81.2 Å². The standard InChI is InChI=1S/C28H38Cl4O13/c1-3-27(14-43-23(38)10-7-20(30)35,15-44-24(39)11-8-21(31)36)13-42-16-28(4-2,17-45-25(40)12-9-22(32)37)26(41)18(33)5-6-19(29)34/h26,41H,3-17H2,1-2H3. The molecule has 0 rings (SSSR count). The van der Waals surface area contributed by atoms with Crippen LogP contribution in [0.5, 0.6) is 0 Å². The lowest BCUT2D eigenvalue weighted by atomic mass is 9.78. The number of carbonyl (C=O) groups excluding carboxylic acids is 8. The van der Waals surface area contributed by atoms with E-state index in [0.717, 1.165) is 0 Å². The van der Waals surface area contributed by atoms with Gasteiger partial charge in [-0.05, 0) is 59.2 Å². The van der Waals surface area contributed by atoms with Crippen molar-refractivity contribution in [2.45, 2.75) is 84.2 Å². The molecule has 0 saturated heterocycles. The molecule has 2 atom stereocenters. The molecule has 0 aromatic rings. The Balaban J connectivity index is 6.00. The summed E-state index contributed by atoms with van der Waals surface area (Å²) < 4.78 is 21.8. The van der Waals surface area contributed by atoms with Crippen LogP contribution in [0.25, 0.3) is 0 Å². The summed E-state index contributed by atoms with van der Waals surface area (Å²) in [4.78, 5) is 93.7. The van der Waals surface area contributed by atoms with Crippen molar-refractivity contribution in [2.75, 3.05) is 33.0 Å². The van der Waals surface area contributed by atoms with Crippen molar-refractivity contribution in [1.82, 2.24) is 0 Å². The molecule has 17 heteroatoms. The summed E-state index contributed by atoms with van der Waals surface area (Å²) in [7, 11) is 0. The number of ether oxygens (including phenoxy) is 4. The summed E-state index contributed by atoms with van der Waals surface area (Å²) >= 11 is 21.2. The highest BCUT2D eigenvalue weighted by Gasteiger charge is 2.43. The van der Waals surface area contributed by atoms with Crippen LogP contribution in [0, 0.1) is 10.8 Å². The van der Waals surface area contributed by atoms with Gasteiger partial charge in [0.05, 0.1) is 43.3 Å². The minimum Gasteiger partial charge on any atom is -0.465 e. The number of hydrogen-bond acceptors (Lipinski definition) is 13. The molecule has 0 spiro atoms. The molecule has 0 aliphatic carbocycles. The first kappa shape index (κ1) is 42.8. The van der Waals surface area contributed by atoms with Gasteiger partial charge in [0.15, 0.2) is 5.78 Å². The molecular weight excluding hydrogens is 686 g/mol. The Morgan fingerprint density at radius 2 is 0.911 bits per heavy atom. The van der Waals surface area contributed by atoms with Gasteiger partial charge in [-0.25, -0.2) is 0 Å². The minimum atomic E-state index is -1.78. The topological polar surface area (TPSA) is 194 Å². The number of halogens is 4. The van der Waals surface area contributed by atoms with Crippen molar-refractivity contribution >= 4 is 91.1 Å². The molecule has 45 heavy (non-hydrogen) atoms. The van der Waals surface area contributed by atoms with Crippen molar-refractivity contribution in [3.8, 4) is 0 Å². The molecule has 0 aliphatic rings. The average molecular weight is 724 g/mol. The Bertz CT molecular complexity index is 1030. The number of esters is 3. The second-order valence-electron chi connectivity index (χ2n) is 10.3. The van der Waals surface area contributed by atoms with Gasteiger partial charge in [0, 0.05) is 32.1 Å². The van der Waals surface area contributed by atoms with Crippen LogP contribution in [-0.4, -0.2) is 88.9 Å². The molecule has 2 unspecified atom stereocenters. The monoisotopic (exact) mass is 722 g/mol. The molecule has 0 amide bonds. The Labute approximate surface area is 280 Å². The molecular formula is C28H38Cl4O13. The van der Waals surface area contributed by atoms with Gasteiger partial charge < -0.3 is 24.1 Å². The zero-order chi connectivity index (χ0) is 34.6. The molecule has 0 radical (unpaired) electrons. The summed E-state index contributed by atoms with van der Waals surface area (Å²) in [6, 6.07) is 0. The number of aliphatic hydroxyl groups excluding tert-OH is 1. The molecule has 0 bridgehead atoms. The van der Waals surface area contributed by atoms with Gasteiger partial charge >= 0.3 is 17.9 Å². The van der Waals surface area contributed by atoms with Gasteiger partial charge in [0.25, 0.3) is 0 Å². The second-order valence-corrected chi connectivity index (χ2v) is 12.0. The third kappa shape index (κ3) is 18.5. The number of hydrogen-bond donors (Lipinski definition) is 1. The molecule has 0 aliphatic heterocycles. The van der Waals surface area contributed by atoms with Crippen molar-refractivity contribution in [3.63, 3.8) is 0 Å². The number of rotatable bonds is 26. The predicted molar refractivity (Wildman–Crippen MR) is 161 cm³/mol. The minimum absolute atomic E-state index is 0.0262. The van der Waals surface area contributed by atoms with E-state index in [9.17, 15) is 43.5 Å². The predicted octanol–water partition coefficient (Wildman–Crippen LogP) is 3.54. The van der Waals surface area contributed by atoms with E-state index in [4.69, 9.17) is 65.4 Å². The van der Waals surface area contributed by atoms with Crippen LogP contribution < -0.4 is 0 Å². The highest BCUT2D eigenvalue weighted by Crippen LogP contribution is 2.32. The van der Waals surface area contributed by atoms with Crippen molar-refractivity contribution in [1.29, 1.82) is 0 Å². The lowest BCUT2D eigenvalue weighted by Crippen LogP contribution is -2.49. The van der Waals surface area contributed by atoms with Crippen LogP contribution in [0.1, 0.15) is 78.1 Å². The Kier molecular flexibility index (Phi) is 21.3. The fourth-order valence-electron chi connectivity index (χ4n) is 3.71. The lowest BCUT2D eigenvalue weighted by Gasteiger charge is -2.38. The summed E-state index contributed by atoms with van der Waals surface area (Å²) in [5, 5.41) is 8.01. The van der Waals surface area contributed by atoms with Crippen LogP contribution in [-0.2, 0) is 57.3 Å². The van der Waals surface area contributed by atoms with Crippen molar-refractivity contribution in [3.05, 3.63) is 0 Å². The molecule has 0 heterocycles. The van der Waals surface area contributed by atoms with E-state index >= 15 is 0 Å². The van der Waals surface area contributed by atoms with Crippen LogP contribution in [0.4, 0.5) is 0 Å². The van der Waals surface area contributed by atoms with Crippen molar-refractivity contribution < 1.29 is 62.4 Å². The number of aliphatic hydroxyl groups is 1. The van der Waals surface area contributed by atoms with E-state index in [-0.39, 0.29) is 77.6 Å². The van der Waals surface area contributed by atoms with Crippen molar-refractivity contribution in [2.24, 2.45) is 10.8 Å². The molecule has 256 valence electrons. The first-order valence-corrected chi connectivity index (χ1v) is 15.5. The van der Waals surface area contributed by atoms with E-state index in [2.05, 4.69) is 0 Å². The van der Waals surface area contributed by atoms with E-state index in [1.807, 2.05) is 0 Å². The number of carbonyl (C=O) groups is 8. The third-order valence-electron chi connectivity index (χ3n) is 6.88. The maximum Gasteiger partial charge on any atom is 0.306 e. The first-order valence-electron chi connectivity index (χ1n) is 14.0. The Morgan fingerprint density at radius 1 is 0.533 bits per heavy atom. The third-order valence-corrected chi connectivity index (χ3v) is 7.64. The zero-order valence-electron chi connectivity index (χ0n) is 25.0. The smallest absolute Gasteiger partial charge is 0.306 e. The van der Waals surface area contributed by atoms with Crippen LogP contribution in [0.3, 0.4) is 0 Å². The maximum absolute atomic E-state index is 12.8. The fraction of sp³-hybridized carbons (Fsp3) is 0.714. The quantitative estimate of drug-likeness (QED) is 0.0774. The molecule has 0 aromatic carbocycles. The average Bonchev–Trinajstić information content (AvgIpc) is 2.99. The zero-order valence-corrected chi connectivity index (χ0v) is 28.1. The summed E-state index contributed by atoms with van der Waals surface area (Å²) in [6.45, 7) is 1.38. The molecule has 0 saturated carbocycles. The molecule has 0 aromatic heterocycles. The van der Waals surface area contributed by atoms with Crippen LogP contribution in [0.2, 0.25) is 0 Å². The fourth-order valence-corrected chi connectivity index (χ4v) is 4.09.